The lowest BCUT2D eigenvalue weighted by atomic mass is 10.2. The van der Waals surface area contributed by atoms with Crippen LogP contribution in [0.25, 0.3) is 10.6 Å². The highest BCUT2D eigenvalue weighted by Crippen LogP contribution is 2.29. The van der Waals surface area contributed by atoms with Crippen LogP contribution in [0.15, 0.2) is 29.6 Å². The normalized spacial score (nSPS) is 11.5. The molecule has 2 aromatic rings. The zero-order chi connectivity index (χ0) is 12.5. The van der Waals surface area contributed by atoms with Crippen LogP contribution in [-0.4, -0.2) is 11.3 Å². The number of alkyl halides is 3. The largest absolute Gasteiger partial charge is 0.573 e. The van der Waals surface area contributed by atoms with E-state index in [1.54, 1.807) is 6.07 Å². The van der Waals surface area contributed by atoms with Crippen molar-refractivity contribution in [1.82, 2.24) is 4.98 Å². The lowest BCUT2D eigenvalue weighted by Crippen LogP contribution is -2.17. The first-order valence-electron chi connectivity index (χ1n) is 4.72. The van der Waals surface area contributed by atoms with E-state index in [1.165, 1.54) is 29.5 Å². The van der Waals surface area contributed by atoms with E-state index in [4.69, 9.17) is 0 Å². The number of hydrogen-bond donors (Lipinski definition) is 0. The van der Waals surface area contributed by atoms with E-state index in [9.17, 15) is 13.2 Å². The van der Waals surface area contributed by atoms with Gasteiger partial charge in [0.25, 0.3) is 0 Å². The summed E-state index contributed by atoms with van der Waals surface area (Å²) in [6.45, 7) is 1.83. The average molecular weight is 259 g/mol. The van der Waals surface area contributed by atoms with Crippen molar-refractivity contribution in [2.75, 3.05) is 0 Å². The first-order valence-corrected chi connectivity index (χ1v) is 5.60. The molecule has 0 saturated carbocycles. The smallest absolute Gasteiger partial charge is 0.406 e. The Morgan fingerprint density at radius 1 is 1.29 bits per heavy atom. The molecule has 0 saturated heterocycles. The number of halogens is 3. The highest BCUT2D eigenvalue weighted by molar-refractivity contribution is 7.13. The van der Waals surface area contributed by atoms with Gasteiger partial charge in [-0.3, -0.25) is 0 Å². The number of aromatic nitrogens is 1. The van der Waals surface area contributed by atoms with E-state index in [-0.39, 0.29) is 5.75 Å². The minimum absolute atomic E-state index is 0.233. The number of rotatable bonds is 2. The van der Waals surface area contributed by atoms with Crippen LogP contribution in [0.1, 0.15) is 5.69 Å². The molecule has 90 valence electrons. The second-order valence-electron chi connectivity index (χ2n) is 3.37. The SMILES string of the molecule is Cc1csc(-c2cccc(OC(F)(F)F)c2)n1. The zero-order valence-corrected chi connectivity index (χ0v) is 9.60. The van der Waals surface area contributed by atoms with Crippen LogP contribution >= 0.6 is 11.3 Å². The van der Waals surface area contributed by atoms with Crippen LogP contribution in [0.2, 0.25) is 0 Å². The molecule has 0 aliphatic rings. The topological polar surface area (TPSA) is 22.1 Å². The number of ether oxygens (including phenoxy) is 1. The summed E-state index contributed by atoms with van der Waals surface area (Å²) in [5, 5.41) is 2.52. The van der Waals surface area contributed by atoms with Gasteiger partial charge in [-0.15, -0.1) is 24.5 Å². The summed E-state index contributed by atoms with van der Waals surface area (Å²) in [6.07, 6.45) is -4.67. The molecule has 1 aromatic heterocycles. The molecule has 1 heterocycles. The fraction of sp³-hybridized carbons (Fsp3) is 0.182. The van der Waals surface area contributed by atoms with E-state index in [0.29, 0.717) is 10.6 Å². The summed E-state index contributed by atoms with van der Waals surface area (Å²) >= 11 is 1.38. The number of benzene rings is 1. The second kappa shape index (κ2) is 4.37. The summed E-state index contributed by atoms with van der Waals surface area (Å²) in [4.78, 5) is 4.20. The monoisotopic (exact) mass is 259 g/mol. The van der Waals surface area contributed by atoms with Gasteiger partial charge in [-0.1, -0.05) is 12.1 Å². The standard InChI is InChI=1S/C11H8F3NOS/c1-7-6-17-10(15-7)8-3-2-4-9(5-8)16-11(12,13)14/h2-6H,1H3. The summed E-state index contributed by atoms with van der Waals surface area (Å²) in [5.41, 5.74) is 1.46. The van der Waals surface area contributed by atoms with Crippen molar-refractivity contribution < 1.29 is 17.9 Å². The molecule has 0 bridgehead atoms. The van der Waals surface area contributed by atoms with Gasteiger partial charge in [0.15, 0.2) is 0 Å². The molecule has 0 fully saturated rings. The van der Waals surface area contributed by atoms with Gasteiger partial charge in [-0.25, -0.2) is 4.98 Å². The predicted octanol–water partition coefficient (Wildman–Crippen LogP) is 4.02. The molecule has 0 unspecified atom stereocenters. The molecule has 17 heavy (non-hydrogen) atoms. The Hall–Kier alpha value is -1.56. The second-order valence-corrected chi connectivity index (χ2v) is 4.23. The Labute approximate surface area is 99.7 Å². The van der Waals surface area contributed by atoms with Gasteiger partial charge >= 0.3 is 6.36 Å². The Morgan fingerprint density at radius 3 is 2.65 bits per heavy atom. The van der Waals surface area contributed by atoms with Crippen molar-refractivity contribution in [2.24, 2.45) is 0 Å². The van der Waals surface area contributed by atoms with Gasteiger partial charge in [0, 0.05) is 16.6 Å². The summed E-state index contributed by atoms with van der Waals surface area (Å²) in [5.74, 6) is -0.233. The minimum Gasteiger partial charge on any atom is -0.406 e. The van der Waals surface area contributed by atoms with Gasteiger partial charge in [0.2, 0.25) is 0 Å². The Kier molecular flexibility index (Phi) is 3.06. The molecule has 0 atom stereocenters. The molecule has 0 radical (unpaired) electrons. The van der Waals surface area contributed by atoms with E-state index in [2.05, 4.69) is 9.72 Å². The van der Waals surface area contributed by atoms with Crippen LogP contribution in [0.5, 0.6) is 5.75 Å². The van der Waals surface area contributed by atoms with E-state index >= 15 is 0 Å². The molecule has 0 aliphatic heterocycles. The Balaban J connectivity index is 2.29. The maximum atomic E-state index is 12.0. The number of nitrogens with zero attached hydrogens (tertiary/aromatic N) is 1. The van der Waals surface area contributed by atoms with Crippen LogP contribution < -0.4 is 4.74 Å². The van der Waals surface area contributed by atoms with Crippen LogP contribution in [0, 0.1) is 6.92 Å². The summed E-state index contributed by atoms with van der Waals surface area (Å²) < 4.78 is 40.0. The summed E-state index contributed by atoms with van der Waals surface area (Å²) in [7, 11) is 0. The van der Waals surface area contributed by atoms with Gasteiger partial charge in [-0.2, -0.15) is 0 Å². The molecule has 0 spiro atoms. The van der Waals surface area contributed by atoms with Gasteiger partial charge < -0.3 is 4.74 Å². The van der Waals surface area contributed by atoms with Gasteiger partial charge in [-0.05, 0) is 19.1 Å². The fourth-order valence-corrected chi connectivity index (χ4v) is 2.11. The summed E-state index contributed by atoms with van der Waals surface area (Å²) in [6, 6.07) is 5.79. The van der Waals surface area contributed by atoms with Gasteiger partial charge in [0.05, 0.1) is 0 Å². The van der Waals surface area contributed by atoms with Crippen molar-refractivity contribution in [2.45, 2.75) is 13.3 Å². The molecule has 2 nitrogen and oxygen atoms in total. The molecule has 2 rings (SSSR count). The molecule has 6 heteroatoms. The van der Waals surface area contributed by atoms with Crippen molar-refractivity contribution >= 4 is 11.3 Å². The lowest BCUT2D eigenvalue weighted by molar-refractivity contribution is -0.274. The minimum atomic E-state index is -4.67. The number of thiazole rings is 1. The first-order chi connectivity index (χ1) is 7.94. The third-order valence-corrected chi connectivity index (χ3v) is 2.94. The molecule has 1 aromatic carbocycles. The molecule has 0 N–H and O–H groups in total. The first kappa shape index (κ1) is 11.9. The van der Waals surface area contributed by atoms with E-state index in [1.807, 2.05) is 12.3 Å². The number of aryl methyl sites for hydroxylation is 1. The third kappa shape index (κ3) is 3.20. The third-order valence-electron chi connectivity index (χ3n) is 1.93. The van der Waals surface area contributed by atoms with E-state index in [0.717, 1.165) is 5.69 Å². The fourth-order valence-electron chi connectivity index (χ4n) is 1.31. The number of hydrogen-bond acceptors (Lipinski definition) is 3. The average Bonchev–Trinajstić information content (AvgIpc) is 2.63. The molecule has 0 amide bonds. The van der Waals surface area contributed by atoms with Crippen molar-refractivity contribution in [1.29, 1.82) is 0 Å². The highest BCUT2D eigenvalue weighted by atomic mass is 32.1. The van der Waals surface area contributed by atoms with Crippen LogP contribution in [0.3, 0.4) is 0 Å². The molecule has 0 aliphatic carbocycles. The molecular weight excluding hydrogens is 251 g/mol. The maximum absolute atomic E-state index is 12.0. The quantitative estimate of drug-likeness (QED) is 0.812. The van der Waals surface area contributed by atoms with Crippen molar-refractivity contribution in [3.05, 3.63) is 35.3 Å². The van der Waals surface area contributed by atoms with Crippen molar-refractivity contribution in [3.63, 3.8) is 0 Å². The lowest BCUT2D eigenvalue weighted by Gasteiger charge is -2.09. The van der Waals surface area contributed by atoms with Crippen LogP contribution in [0.4, 0.5) is 13.2 Å². The van der Waals surface area contributed by atoms with Gasteiger partial charge in [0.1, 0.15) is 10.8 Å². The van der Waals surface area contributed by atoms with Crippen molar-refractivity contribution in [3.8, 4) is 16.3 Å². The van der Waals surface area contributed by atoms with E-state index < -0.39 is 6.36 Å². The zero-order valence-electron chi connectivity index (χ0n) is 8.78. The Bertz CT molecular complexity index is 521. The van der Waals surface area contributed by atoms with Crippen LogP contribution in [-0.2, 0) is 0 Å². The Morgan fingerprint density at radius 2 is 2.06 bits per heavy atom. The predicted molar refractivity (Wildman–Crippen MR) is 59.0 cm³/mol. The maximum Gasteiger partial charge on any atom is 0.573 e. The molecular formula is C11H8F3NOS. The highest BCUT2D eigenvalue weighted by Gasteiger charge is 2.31.